The van der Waals surface area contributed by atoms with Crippen molar-refractivity contribution in [3.05, 3.63) is 49.9 Å². The van der Waals surface area contributed by atoms with E-state index >= 15 is 0 Å². The Kier molecular flexibility index (Phi) is 4.06. The number of anilines is 1. The van der Waals surface area contributed by atoms with Crippen molar-refractivity contribution in [2.45, 2.75) is 13.5 Å². The fourth-order valence-corrected chi connectivity index (χ4v) is 2.99. The molecule has 0 bridgehead atoms. The van der Waals surface area contributed by atoms with Gasteiger partial charge in [0, 0.05) is 27.1 Å². The van der Waals surface area contributed by atoms with Crippen molar-refractivity contribution in [2.75, 3.05) is 12.1 Å². The number of carbonyl (C=O) groups is 1. The Hall–Kier alpha value is -2.03. The van der Waals surface area contributed by atoms with Gasteiger partial charge < -0.3 is 19.4 Å². The number of nitrogens with zero attached hydrogens (tertiary/aromatic N) is 1. The summed E-state index contributed by atoms with van der Waals surface area (Å²) in [6, 6.07) is 6.95. The first kappa shape index (κ1) is 14.9. The van der Waals surface area contributed by atoms with E-state index in [0.29, 0.717) is 22.7 Å². The molecule has 0 unspecified atom stereocenters. The van der Waals surface area contributed by atoms with Crippen molar-refractivity contribution in [3.63, 3.8) is 0 Å². The van der Waals surface area contributed by atoms with Crippen LogP contribution >= 0.6 is 22.6 Å². The summed E-state index contributed by atoms with van der Waals surface area (Å²) in [5, 5.41) is 2.75. The van der Waals surface area contributed by atoms with Gasteiger partial charge >= 0.3 is 0 Å². The zero-order valence-electron chi connectivity index (χ0n) is 11.8. The fraction of sp³-hybridized carbons (Fsp3) is 0.200. The smallest absolute Gasteiger partial charge is 0.253 e. The lowest BCUT2D eigenvalue weighted by Gasteiger charge is -2.09. The quantitative estimate of drug-likeness (QED) is 0.785. The van der Waals surface area contributed by atoms with Crippen LogP contribution in [0.3, 0.4) is 0 Å². The second kappa shape index (κ2) is 5.99. The Bertz CT molecular complexity index is 801. The molecule has 0 aliphatic carbocycles. The standard InChI is InChI=1S/C15H13IN2O4/c1-9-4-10(16)6-18(15(9)20)7-14(19)17-11-2-3-12-13(5-11)22-8-21-12/h2-6H,7-8H2,1H3,(H,17,19). The number of fused-ring (bicyclic) bond motifs is 1. The monoisotopic (exact) mass is 412 g/mol. The van der Waals surface area contributed by atoms with Crippen molar-refractivity contribution in [1.82, 2.24) is 4.57 Å². The van der Waals surface area contributed by atoms with Gasteiger partial charge in [0.05, 0.1) is 0 Å². The number of amides is 1. The van der Waals surface area contributed by atoms with E-state index in [1.165, 1.54) is 4.57 Å². The van der Waals surface area contributed by atoms with Gasteiger partial charge in [-0.15, -0.1) is 0 Å². The molecule has 3 rings (SSSR count). The van der Waals surface area contributed by atoms with Gasteiger partial charge in [-0.25, -0.2) is 0 Å². The maximum atomic E-state index is 12.1. The average Bonchev–Trinajstić information content (AvgIpc) is 2.91. The number of nitrogens with one attached hydrogen (secondary N) is 1. The zero-order chi connectivity index (χ0) is 15.7. The van der Waals surface area contributed by atoms with Crippen LogP contribution in [0.4, 0.5) is 5.69 Å². The number of benzene rings is 1. The van der Waals surface area contributed by atoms with E-state index in [0.717, 1.165) is 3.57 Å². The van der Waals surface area contributed by atoms with Crippen LogP contribution in [0.1, 0.15) is 5.56 Å². The summed E-state index contributed by atoms with van der Waals surface area (Å²) < 4.78 is 12.8. The van der Waals surface area contributed by atoms with Crippen LogP contribution in [0.15, 0.2) is 35.3 Å². The van der Waals surface area contributed by atoms with E-state index in [-0.39, 0.29) is 24.8 Å². The number of aryl methyl sites for hydroxylation is 1. The fourth-order valence-electron chi connectivity index (χ4n) is 2.19. The maximum absolute atomic E-state index is 12.1. The van der Waals surface area contributed by atoms with Crippen LogP contribution in [0.25, 0.3) is 0 Å². The van der Waals surface area contributed by atoms with E-state index in [9.17, 15) is 9.59 Å². The lowest BCUT2D eigenvalue weighted by molar-refractivity contribution is -0.116. The first-order chi connectivity index (χ1) is 10.5. The molecule has 1 N–H and O–H groups in total. The predicted molar refractivity (Wildman–Crippen MR) is 89.4 cm³/mol. The second-order valence-electron chi connectivity index (χ2n) is 4.89. The van der Waals surface area contributed by atoms with Crippen molar-refractivity contribution in [3.8, 4) is 11.5 Å². The van der Waals surface area contributed by atoms with Crippen molar-refractivity contribution < 1.29 is 14.3 Å². The maximum Gasteiger partial charge on any atom is 0.253 e. The number of carbonyl (C=O) groups excluding carboxylic acids is 1. The molecule has 2 heterocycles. The third-order valence-electron chi connectivity index (χ3n) is 3.20. The molecule has 2 aromatic rings. The van der Waals surface area contributed by atoms with Gasteiger partial charge in [0.1, 0.15) is 6.54 Å². The van der Waals surface area contributed by atoms with E-state index < -0.39 is 0 Å². The minimum absolute atomic E-state index is 0.0367. The molecule has 114 valence electrons. The van der Waals surface area contributed by atoms with Crippen molar-refractivity contribution in [1.29, 1.82) is 0 Å². The molecular weight excluding hydrogens is 399 g/mol. The zero-order valence-corrected chi connectivity index (χ0v) is 13.9. The molecule has 1 aliphatic heterocycles. The molecule has 7 heteroatoms. The minimum Gasteiger partial charge on any atom is -0.454 e. The Labute approximate surface area is 140 Å². The molecular formula is C15H13IN2O4. The van der Waals surface area contributed by atoms with Crippen LogP contribution in [-0.2, 0) is 11.3 Å². The van der Waals surface area contributed by atoms with Gasteiger partial charge in [-0.05, 0) is 47.7 Å². The lowest BCUT2D eigenvalue weighted by Crippen LogP contribution is -2.28. The summed E-state index contributed by atoms with van der Waals surface area (Å²) in [6.07, 6.45) is 1.66. The molecule has 0 spiro atoms. The molecule has 0 radical (unpaired) electrons. The normalized spacial score (nSPS) is 12.3. The van der Waals surface area contributed by atoms with E-state index in [2.05, 4.69) is 27.9 Å². The highest BCUT2D eigenvalue weighted by Gasteiger charge is 2.14. The largest absolute Gasteiger partial charge is 0.454 e. The summed E-state index contributed by atoms with van der Waals surface area (Å²) >= 11 is 2.12. The minimum atomic E-state index is -0.276. The molecule has 0 atom stereocenters. The summed E-state index contributed by atoms with van der Waals surface area (Å²) in [6.45, 7) is 1.88. The Morgan fingerprint density at radius 2 is 2.09 bits per heavy atom. The highest BCUT2D eigenvalue weighted by molar-refractivity contribution is 14.1. The Morgan fingerprint density at radius 1 is 1.32 bits per heavy atom. The predicted octanol–water partition coefficient (Wildman–Crippen LogP) is 2.13. The third-order valence-corrected chi connectivity index (χ3v) is 3.79. The van der Waals surface area contributed by atoms with Crippen LogP contribution < -0.4 is 20.3 Å². The Morgan fingerprint density at radius 3 is 2.91 bits per heavy atom. The second-order valence-corrected chi connectivity index (χ2v) is 6.14. The third kappa shape index (κ3) is 3.08. The van der Waals surface area contributed by atoms with Gasteiger partial charge in [-0.1, -0.05) is 0 Å². The van der Waals surface area contributed by atoms with Crippen LogP contribution in [-0.4, -0.2) is 17.3 Å². The summed E-state index contributed by atoms with van der Waals surface area (Å²) in [4.78, 5) is 24.1. The molecule has 1 amide bonds. The first-order valence-electron chi connectivity index (χ1n) is 6.59. The van der Waals surface area contributed by atoms with Gasteiger partial charge in [0.25, 0.3) is 5.56 Å². The molecule has 1 aliphatic rings. The van der Waals surface area contributed by atoms with Crippen LogP contribution in [0.5, 0.6) is 11.5 Å². The highest BCUT2D eigenvalue weighted by Crippen LogP contribution is 2.34. The van der Waals surface area contributed by atoms with Crippen molar-refractivity contribution in [2.24, 2.45) is 0 Å². The molecule has 0 saturated carbocycles. The molecule has 0 saturated heterocycles. The van der Waals surface area contributed by atoms with Gasteiger partial charge in [-0.3, -0.25) is 9.59 Å². The number of hydrogen-bond donors (Lipinski definition) is 1. The average molecular weight is 412 g/mol. The topological polar surface area (TPSA) is 69.6 Å². The number of aromatic nitrogens is 1. The summed E-state index contributed by atoms with van der Waals surface area (Å²) in [7, 11) is 0. The highest BCUT2D eigenvalue weighted by atomic mass is 127. The molecule has 1 aromatic heterocycles. The van der Waals surface area contributed by atoms with Gasteiger partial charge in [-0.2, -0.15) is 0 Å². The number of ether oxygens (including phenoxy) is 2. The Balaban J connectivity index is 1.74. The lowest BCUT2D eigenvalue weighted by atomic mass is 10.2. The van der Waals surface area contributed by atoms with E-state index in [4.69, 9.17) is 9.47 Å². The van der Waals surface area contributed by atoms with Crippen LogP contribution in [0.2, 0.25) is 0 Å². The summed E-state index contributed by atoms with van der Waals surface area (Å²) in [5.74, 6) is 0.977. The van der Waals surface area contributed by atoms with Gasteiger partial charge in [0.15, 0.2) is 11.5 Å². The first-order valence-corrected chi connectivity index (χ1v) is 7.67. The molecule has 6 nitrogen and oxygen atoms in total. The van der Waals surface area contributed by atoms with Crippen molar-refractivity contribution >= 4 is 34.2 Å². The van der Waals surface area contributed by atoms with E-state index in [1.54, 1.807) is 37.4 Å². The number of hydrogen-bond acceptors (Lipinski definition) is 4. The molecule has 1 aromatic carbocycles. The van der Waals surface area contributed by atoms with Gasteiger partial charge in [0.2, 0.25) is 12.7 Å². The van der Waals surface area contributed by atoms with E-state index in [1.807, 2.05) is 0 Å². The summed E-state index contributed by atoms with van der Waals surface area (Å²) in [5.41, 5.74) is 1.05. The number of rotatable bonds is 3. The van der Waals surface area contributed by atoms with Crippen LogP contribution in [0, 0.1) is 10.5 Å². The molecule has 0 fully saturated rings. The SMILES string of the molecule is Cc1cc(I)cn(CC(=O)Nc2ccc3c(c2)OCO3)c1=O. The number of halogens is 1. The number of pyridine rings is 1. The molecule has 22 heavy (non-hydrogen) atoms.